The van der Waals surface area contributed by atoms with Crippen LogP contribution >= 0.6 is 0 Å². The smallest absolute Gasteiger partial charge is 0.238 e. The van der Waals surface area contributed by atoms with Gasteiger partial charge in [0.2, 0.25) is 5.91 Å². The Kier molecular flexibility index (Phi) is 4.94. The number of nitrogen functional groups attached to an aromatic ring is 1. The Balaban J connectivity index is 3.02. The van der Waals surface area contributed by atoms with Gasteiger partial charge in [-0.05, 0) is 38.5 Å². The first-order valence-corrected chi connectivity index (χ1v) is 7.83. The standard InChI is InChI=1S/C13H20N2O3S/c1-4-15(5-2)13(16)9-19(17,18)12-7-6-10(3)8-11(12)14/h6-8H,4-5,9,14H2,1-3H3. The third kappa shape index (κ3) is 3.70. The van der Waals surface area contributed by atoms with Gasteiger partial charge in [-0.3, -0.25) is 4.79 Å². The molecule has 0 fully saturated rings. The van der Waals surface area contributed by atoms with Crippen molar-refractivity contribution < 1.29 is 13.2 Å². The van der Waals surface area contributed by atoms with Gasteiger partial charge >= 0.3 is 0 Å². The fourth-order valence-electron chi connectivity index (χ4n) is 1.86. The highest BCUT2D eigenvalue weighted by Crippen LogP contribution is 2.21. The van der Waals surface area contributed by atoms with Crippen molar-refractivity contribution in [1.29, 1.82) is 0 Å². The zero-order chi connectivity index (χ0) is 14.6. The number of nitrogens with two attached hydrogens (primary N) is 1. The molecular weight excluding hydrogens is 264 g/mol. The van der Waals surface area contributed by atoms with Crippen molar-refractivity contribution in [3.05, 3.63) is 23.8 Å². The number of benzene rings is 1. The van der Waals surface area contributed by atoms with Crippen LogP contribution in [0.1, 0.15) is 19.4 Å². The lowest BCUT2D eigenvalue weighted by Gasteiger charge is -2.18. The van der Waals surface area contributed by atoms with Crippen LogP contribution in [0.3, 0.4) is 0 Å². The van der Waals surface area contributed by atoms with Gasteiger partial charge in [-0.25, -0.2) is 8.42 Å². The highest BCUT2D eigenvalue weighted by Gasteiger charge is 2.24. The second-order valence-electron chi connectivity index (χ2n) is 4.37. The van der Waals surface area contributed by atoms with Gasteiger partial charge in [0.15, 0.2) is 9.84 Å². The van der Waals surface area contributed by atoms with E-state index < -0.39 is 21.5 Å². The third-order valence-electron chi connectivity index (χ3n) is 2.93. The van der Waals surface area contributed by atoms with Crippen LogP contribution in [0.2, 0.25) is 0 Å². The number of sulfone groups is 1. The van der Waals surface area contributed by atoms with Crippen LogP contribution in [-0.2, 0) is 14.6 Å². The fourth-order valence-corrected chi connectivity index (χ4v) is 3.22. The predicted octanol–water partition coefficient (Wildman–Crippen LogP) is 1.22. The molecule has 1 aromatic carbocycles. The van der Waals surface area contributed by atoms with Crippen molar-refractivity contribution in [1.82, 2.24) is 4.90 Å². The minimum Gasteiger partial charge on any atom is -0.398 e. The van der Waals surface area contributed by atoms with E-state index in [1.165, 1.54) is 11.0 Å². The molecule has 0 aliphatic heterocycles. The number of rotatable bonds is 5. The van der Waals surface area contributed by atoms with Crippen LogP contribution in [-0.4, -0.2) is 38.1 Å². The molecule has 0 radical (unpaired) electrons. The molecule has 19 heavy (non-hydrogen) atoms. The van der Waals surface area contributed by atoms with Gasteiger partial charge in [0.25, 0.3) is 0 Å². The maximum Gasteiger partial charge on any atom is 0.238 e. The van der Waals surface area contributed by atoms with Gasteiger partial charge in [0.1, 0.15) is 5.75 Å². The molecule has 0 saturated heterocycles. The van der Waals surface area contributed by atoms with E-state index in [9.17, 15) is 13.2 Å². The summed E-state index contributed by atoms with van der Waals surface area (Å²) in [4.78, 5) is 13.4. The van der Waals surface area contributed by atoms with Crippen LogP contribution in [0.5, 0.6) is 0 Å². The number of nitrogens with zero attached hydrogens (tertiary/aromatic N) is 1. The third-order valence-corrected chi connectivity index (χ3v) is 4.60. The summed E-state index contributed by atoms with van der Waals surface area (Å²) in [7, 11) is -3.69. The molecule has 2 N–H and O–H groups in total. The highest BCUT2D eigenvalue weighted by atomic mass is 32.2. The molecule has 0 aliphatic carbocycles. The first kappa shape index (κ1) is 15.5. The summed E-state index contributed by atoms with van der Waals surface area (Å²) in [6.07, 6.45) is 0. The molecule has 1 amide bonds. The number of anilines is 1. The van der Waals surface area contributed by atoms with Crippen LogP contribution in [0.4, 0.5) is 5.69 Å². The van der Waals surface area contributed by atoms with Crippen LogP contribution < -0.4 is 5.73 Å². The van der Waals surface area contributed by atoms with E-state index in [1.54, 1.807) is 12.1 Å². The second kappa shape index (κ2) is 6.06. The molecule has 0 aromatic heterocycles. The topological polar surface area (TPSA) is 80.5 Å². The summed E-state index contributed by atoms with van der Waals surface area (Å²) in [5, 5.41) is 0. The van der Waals surface area contributed by atoms with Crippen molar-refractivity contribution >= 4 is 21.4 Å². The number of amides is 1. The Bertz CT molecular complexity index is 563. The summed E-state index contributed by atoms with van der Waals surface area (Å²) in [5.74, 6) is -0.938. The van der Waals surface area contributed by atoms with Crippen LogP contribution in [0.25, 0.3) is 0 Å². The molecule has 6 heteroatoms. The normalized spacial score (nSPS) is 11.3. The van der Waals surface area contributed by atoms with Gasteiger partial charge < -0.3 is 10.6 Å². The molecule has 5 nitrogen and oxygen atoms in total. The maximum absolute atomic E-state index is 12.2. The number of carbonyl (C=O) groups is 1. The average Bonchev–Trinajstić information content (AvgIpc) is 2.29. The van der Waals surface area contributed by atoms with E-state index in [-0.39, 0.29) is 10.6 Å². The minimum absolute atomic E-state index is 0.0265. The lowest BCUT2D eigenvalue weighted by atomic mass is 10.2. The van der Waals surface area contributed by atoms with E-state index >= 15 is 0 Å². The van der Waals surface area contributed by atoms with Crippen LogP contribution in [0, 0.1) is 6.92 Å². The van der Waals surface area contributed by atoms with Gasteiger partial charge in [-0.15, -0.1) is 0 Å². The zero-order valence-corrected chi connectivity index (χ0v) is 12.3. The molecule has 0 bridgehead atoms. The molecule has 106 valence electrons. The van der Waals surface area contributed by atoms with Gasteiger partial charge in [0.05, 0.1) is 10.6 Å². The Hall–Kier alpha value is -1.56. The van der Waals surface area contributed by atoms with Crippen molar-refractivity contribution in [2.45, 2.75) is 25.7 Å². The van der Waals surface area contributed by atoms with Gasteiger partial charge in [-0.2, -0.15) is 0 Å². The van der Waals surface area contributed by atoms with E-state index in [2.05, 4.69) is 0 Å². The Morgan fingerprint density at radius 1 is 1.26 bits per heavy atom. The largest absolute Gasteiger partial charge is 0.398 e. The molecule has 1 aromatic rings. The lowest BCUT2D eigenvalue weighted by molar-refractivity contribution is -0.128. The molecular formula is C13H20N2O3S. The molecule has 0 saturated carbocycles. The molecule has 1 rings (SSSR count). The summed E-state index contributed by atoms with van der Waals surface area (Å²) < 4.78 is 24.4. The monoisotopic (exact) mass is 284 g/mol. The summed E-state index contributed by atoms with van der Waals surface area (Å²) in [6, 6.07) is 4.72. The average molecular weight is 284 g/mol. The quantitative estimate of drug-likeness (QED) is 0.824. The second-order valence-corrected chi connectivity index (χ2v) is 6.32. The number of hydrogen-bond acceptors (Lipinski definition) is 4. The van der Waals surface area contributed by atoms with E-state index in [1.807, 2.05) is 20.8 Å². The minimum atomic E-state index is -3.69. The summed E-state index contributed by atoms with van der Waals surface area (Å²) >= 11 is 0. The summed E-state index contributed by atoms with van der Waals surface area (Å²) in [5.41, 5.74) is 6.79. The highest BCUT2D eigenvalue weighted by molar-refractivity contribution is 7.92. The van der Waals surface area contributed by atoms with E-state index in [0.717, 1.165) is 5.56 Å². The lowest BCUT2D eigenvalue weighted by Crippen LogP contribution is -2.35. The van der Waals surface area contributed by atoms with Crippen molar-refractivity contribution in [3.63, 3.8) is 0 Å². The summed E-state index contributed by atoms with van der Waals surface area (Å²) in [6.45, 7) is 6.44. The molecule has 0 spiro atoms. The van der Waals surface area contributed by atoms with Crippen molar-refractivity contribution in [2.75, 3.05) is 24.6 Å². The van der Waals surface area contributed by atoms with Gasteiger partial charge in [0, 0.05) is 13.1 Å². The predicted molar refractivity (Wildman–Crippen MR) is 75.6 cm³/mol. The Labute approximate surface area is 114 Å². The maximum atomic E-state index is 12.2. The van der Waals surface area contributed by atoms with Crippen molar-refractivity contribution in [2.24, 2.45) is 0 Å². The van der Waals surface area contributed by atoms with E-state index in [4.69, 9.17) is 5.73 Å². The number of aryl methyl sites for hydroxylation is 1. The van der Waals surface area contributed by atoms with Gasteiger partial charge in [-0.1, -0.05) is 6.07 Å². The SMILES string of the molecule is CCN(CC)C(=O)CS(=O)(=O)c1ccc(C)cc1N. The Morgan fingerprint density at radius 3 is 2.32 bits per heavy atom. The molecule has 0 unspecified atom stereocenters. The first-order chi connectivity index (χ1) is 8.81. The number of carbonyl (C=O) groups excluding carboxylic acids is 1. The molecule has 0 heterocycles. The Morgan fingerprint density at radius 2 is 1.84 bits per heavy atom. The number of hydrogen-bond donors (Lipinski definition) is 1. The first-order valence-electron chi connectivity index (χ1n) is 6.18. The fraction of sp³-hybridized carbons (Fsp3) is 0.462. The molecule has 0 aliphatic rings. The zero-order valence-electron chi connectivity index (χ0n) is 11.5. The van der Waals surface area contributed by atoms with Crippen LogP contribution in [0.15, 0.2) is 23.1 Å². The molecule has 0 atom stereocenters. The van der Waals surface area contributed by atoms with E-state index in [0.29, 0.717) is 13.1 Å². The van der Waals surface area contributed by atoms with Crippen molar-refractivity contribution in [3.8, 4) is 0 Å².